The third-order valence-corrected chi connectivity index (χ3v) is 21.6. The highest BCUT2D eigenvalue weighted by molar-refractivity contribution is 8.00. The maximum atomic E-state index is 14.1. The molecule has 1 saturated carbocycles. The SMILES string of the molecule is CC[C@@H]1C(=O)N(C)c2cnc(Cc3ccc(C(=O)CCc4cn(CCCN(CCC(=O)Nc5cccc6c5CN(C5CCC(=O)NC5=O)C6=O)C(=O)OCc5ccc(NC(=O)[C@H](CCCNC(N)=O)CC(=O)[C@@H](NC(=O)CCCCCN6C(=O)CC(SC)C6=O)C(C)C)cc5)nn4)cc3OC)nc2N1C1CCCC1. The number of rotatable bonds is 38. The number of hydrogen-bond donors (Lipinski definition) is 6. The van der Waals surface area contributed by atoms with E-state index < -0.39 is 59.7 Å². The maximum absolute atomic E-state index is 14.1. The Hall–Kier alpha value is -10.7. The Morgan fingerprint density at radius 2 is 1.63 bits per heavy atom. The van der Waals surface area contributed by atoms with E-state index >= 15 is 0 Å². The minimum Gasteiger partial charge on any atom is -0.496 e. The Kier molecular flexibility index (Phi) is 28.1. The highest BCUT2D eigenvalue weighted by Crippen LogP contribution is 2.40. The zero-order valence-corrected chi connectivity index (χ0v) is 63.5. The molecule has 0 spiro atoms. The molecular formula is C77H98N16O15S. The normalized spacial score (nSPS) is 17.6. The van der Waals surface area contributed by atoms with Crippen molar-refractivity contribution in [2.45, 2.75) is 198 Å². The van der Waals surface area contributed by atoms with Crippen LogP contribution >= 0.6 is 11.8 Å². The Morgan fingerprint density at radius 1 is 0.853 bits per heavy atom. The first-order valence-corrected chi connectivity index (χ1v) is 38.8. The van der Waals surface area contributed by atoms with E-state index in [0.29, 0.717) is 102 Å². The summed E-state index contributed by atoms with van der Waals surface area (Å²) in [5.41, 5.74) is 9.82. The van der Waals surface area contributed by atoms with Gasteiger partial charge in [-0.15, -0.1) is 5.10 Å². The van der Waals surface area contributed by atoms with E-state index in [0.717, 1.165) is 37.1 Å². The molecule has 2 unspecified atom stereocenters. The quantitative estimate of drug-likeness (QED) is 0.0132. The number of unbranched alkanes of at least 4 members (excludes halogenated alkanes) is 2. The number of amides is 12. The number of imide groups is 2. The Morgan fingerprint density at radius 3 is 2.35 bits per heavy atom. The average Bonchev–Trinajstić information content (AvgIpc) is 1.63. The van der Waals surface area contributed by atoms with Gasteiger partial charge in [0.05, 0.1) is 30.3 Å². The van der Waals surface area contributed by atoms with Crippen molar-refractivity contribution in [3.8, 4) is 5.75 Å². The second kappa shape index (κ2) is 37.9. The monoisotopic (exact) mass is 1520 g/mol. The molecule has 1 aliphatic carbocycles. The summed E-state index contributed by atoms with van der Waals surface area (Å²) >= 11 is 1.35. The summed E-state index contributed by atoms with van der Waals surface area (Å²) in [4.78, 5) is 189. The zero-order valence-electron chi connectivity index (χ0n) is 62.6. The fourth-order valence-electron chi connectivity index (χ4n) is 14.6. The van der Waals surface area contributed by atoms with Crippen molar-refractivity contribution in [3.63, 3.8) is 0 Å². The smallest absolute Gasteiger partial charge is 0.410 e. The minimum absolute atomic E-state index is 0.0188. The maximum Gasteiger partial charge on any atom is 0.410 e. The van der Waals surface area contributed by atoms with E-state index in [9.17, 15) is 62.3 Å². The fraction of sp³-hybridized carbons (Fsp3) is 0.519. The van der Waals surface area contributed by atoms with Gasteiger partial charge in [-0.05, 0) is 106 Å². The highest BCUT2D eigenvalue weighted by atomic mass is 32.2. The number of Topliss-reactive ketones (excluding diaryl/α,β-unsaturated/α-hetero) is 2. The van der Waals surface area contributed by atoms with Crippen LogP contribution in [0.25, 0.3) is 0 Å². The number of carbonyl (C=O) groups excluding carboxylic acids is 13. The van der Waals surface area contributed by atoms with Crippen LogP contribution in [0, 0.1) is 11.8 Å². The van der Waals surface area contributed by atoms with Crippen molar-refractivity contribution in [3.05, 3.63) is 112 Å². The first kappa shape index (κ1) is 80.9. The molecule has 5 aliphatic rings. The fourth-order valence-corrected chi connectivity index (χ4v) is 15.3. The van der Waals surface area contributed by atoms with Crippen molar-refractivity contribution in [1.29, 1.82) is 0 Å². The number of carbonyl (C=O) groups is 13. The molecule has 2 saturated heterocycles. The molecule has 12 amide bonds. The number of methoxy groups -OCH3 is 1. The van der Waals surface area contributed by atoms with Gasteiger partial charge in [0.15, 0.2) is 17.4 Å². The van der Waals surface area contributed by atoms with Crippen LogP contribution in [0.3, 0.4) is 0 Å². The number of aromatic nitrogens is 5. The number of ketones is 2. The van der Waals surface area contributed by atoms with Crippen LogP contribution in [-0.2, 0) is 80.4 Å². The largest absolute Gasteiger partial charge is 0.496 e. The molecule has 7 N–H and O–H groups in total. The van der Waals surface area contributed by atoms with Crippen LogP contribution < -0.4 is 46.9 Å². The van der Waals surface area contributed by atoms with E-state index in [1.165, 1.54) is 26.5 Å². The lowest BCUT2D eigenvalue weighted by atomic mass is 9.89. The number of hydrogen-bond acceptors (Lipinski definition) is 21. The van der Waals surface area contributed by atoms with Crippen LogP contribution in [-0.4, -0.2) is 193 Å². The summed E-state index contributed by atoms with van der Waals surface area (Å²) < 4.78 is 13.3. The minimum atomic E-state index is -0.909. The Labute approximate surface area is 637 Å². The number of nitrogens with one attached hydrogen (secondary N) is 5. The first-order chi connectivity index (χ1) is 52.4. The van der Waals surface area contributed by atoms with Gasteiger partial charge in [0.1, 0.15) is 36.0 Å². The number of likely N-dealkylation sites (N-methyl/N-ethyl adjacent to an activating group) is 1. The molecule has 5 atom stereocenters. The van der Waals surface area contributed by atoms with Crippen molar-refractivity contribution >= 4 is 111 Å². The second-order valence-electron chi connectivity index (χ2n) is 28.6. The van der Waals surface area contributed by atoms with Crippen LogP contribution in [0.2, 0.25) is 0 Å². The number of nitrogens with zero attached hydrogens (tertiary/aromatic N) is 10. The number of aryl methyl sites for hydroxylation is 2. The Balaban J connectivity index is 0.742. The molecule has 3 aromatic carbocycles. The summed E-state index contributed by atoms with van der Waals surface area (Å²) in [5.74, 6) is -2.98. The third-order valence-electron chi connectivity index (χ3n) is 20.7. The summed E-state index contributed by atoms with van der Waals surface area (Å²) in [7, 11) is 3.31. The number of thioether (sulfide) groups is 1. The van der Waals surface area contributed by atoms with Crippen molar-refractivity contribution < 1.29 is 71.8 Å². The van der Waals surface area contributed by atoms with Gasteiger partial charge in [-0.25, -0.2) is 19.6 Å². The number of benzene rings is 3. The van der Waals surface area contributed by atoms with Gasteiger partial charge < -0.3 is 56.1 Å². The lowest BCUT2D eigenvalue weighted by Crippen LogP contribution is -2.55. The number of primary amides is 1. The molecule has 3 fully saturated rings. The lowest BCUT2D eigenvalue weighted by Gasteiger charge is -2.43. The number of ether oxygens (including phenoxy) is 2. The molecule has 31 nitrogen and oxygen atoms in total. The third kappa shape index (κ3) is 20.8. The molecular weight excluding hydrogens is 1420 g/mol. The number of likely N-dealkylation sites (tertiary alicyclic amines) is 1. The predicted molar refractivity (Wildman–Crippen MR) is 404 cm³/mol. The molecule has 5 aromatic rings. The van der Waals surface area contributed by atoms with E-state index in [2.05, 4.69) is 46.8 Å². The standard InChI is InChI=1S/C77H98N16O15S/c1-7-57-74(103)88(4)59-42-80-64(83-70(59)93(57)53-17-10-11-18-53)40-49-25-24-48(39-62(49)107-5)60(94)30-28-52-43-90(87-86-52)35-15-34-89(37-32-67(98)82-56-20-13-19-54-55(56)44-92(73(54)102)58-29-31-66(97)85-72(58)101)77(106)108-45-47-22-26-51(27-23-47)81-71(100)50(16-14-33-79-76(78)105)38-61(95)69(46(2)3)84-65(96)21-9-8-12-36-91-68(99)41-63(109-6)75(91)104/h13,19-20,22-27,39,42-43,46,50,53,57-58,63,69H,7-12,14-18,21,28-38,40-41,44-45H2,1-6H3,(H,81,100)(H,82,98)(H,84,96)(H3,78,79,105)(H,85,97,101)/t50-,57-,58?,63?,69+/m1/s1. The number of fused-ring (bicyclic) bond motifs is 2. The van der Waals surface area contributed by atoms with E-state index in [-0.39, 0.29) is 162 Å². The van der Waals surface area contributed by atoms with Crippen molar-refractivity contribution in [2.75, 3.05) is 67.0 Å². The van der Waals surface area contributed by atoms with Gasteiger partial charge in [0.2, 0.25) is 47.3 Å². The molecule has 6 heterocycles. The Bertz CT molecular complexity index is 4220. The molecule has 0 bridgehead atoms. The van der Waals surface area contributed by atoms with Gasteiger partial charge in [-0.1, -0.05) is 75.6 Å². The number of anilines is 4. The molecule has 2 aromatic heterocycles. The highest BCUT2D eigenvalue weighted by Gasteiger charge is 2.43. The molecule has 109 heavy (non-hydrogen) atoms. The van der Waals surface area contributed by atoms with Crippen LogP contribution in [0.4, 0.5) is 32.5 Å². The average molecular weight is 1520 g/mol. The van der Waals surface area contributed by atoms with Crippen LogP contribution in [0.15, 0.2) is 73.1 Å². The predicted octanol–water partition coefficient (Wildman–Crippen LogP) is 6.96. The van der Waals surface area contributed by atoms with E-state index in [1.807, 2.05) is 13.0 Å². The van der Waals surface area contributed by atoms with Gasteiger partial charge in [0, 0.05) is 149 Å². The molecule has 0 radical (unpaired) electrons. The zero-order chi connectivity index (χ0) is 78.0. The molecule has 32 heteroatoms. The van der Waals surface area contributed by atoms with E-state index in [4.69, 9.17) is 20.2 Å². The molecule has 4 aliphatic heterocycles. The topological polar surface area (TPSA) is 399 Å². The second-order valence-corrected chi connectivity index (χ2v) is 29.6. The first-order valence-electron chi connectivity index (χ1n) is 37.5. The summed E-state index contributed by atoms with van der Waals surface area (Å²) in [6, 6.07) is 14.1. The summed E-state index contributed by atoms with van der Waals surface area (Å²) in [6.07, 6.45) is 12.5. The summed E-state index contributed by atoms with van der Waals surface area (Å²) in [5, 5.41) is 21.7. The van der Waals surface area contributed by atoms with Crippen molar-refractivity contribution in [1.82, 2.24) is 55.6 Å². The molecule has 10 rings (SSSR count). The lowest BCUT2D eigenvalue weighted by molar-refractivity contribution is -0.139. The molecule has 582 valence electrons. The summed E-state index contributed by atoms with van der Waals surface area (Å²) in [6.45, 7) is 6.09. The van der Waals surface area contributed by atoms with Crippen LogP contribution in [0.1, 0.15) is 185 Å². The van der Waals surface area contributed by atoms with Gasteiger partial charge >= 0.3 is 12.1 Å². The number of piperidine rings is 1. The van der Waals surface area contributed by atoms with Gasteiger partial charge in [-0.2, -0.15) is 11.8 Å². The van der Waals surface area contributed by atoms with E-state index in [1.54, 1.807) is 111 Å². The number of nitrogens with two attached hydrogens (primary N) is 1. The number of urea groups is 1. The van der Waals surface area contributed by atoms with Crippen molar-refractivity contribution in [2.24, 2.45) is 17.6 Å². The van der Waals surface area contributed by atoms with Gasteiger partial charge in [-0.3, -0.25) is 67.6 Å². The van der Waals surface area contributed by atoms with Gasteiger partial charge in [0.25, 0.3) is 5.91 Å². The van der Waals surface area contributed by atoms with Crippen LogP contribution in [0.5, 0.6) is 5.75 Å².